The lowest BCUT2D eigenvalue weighted by atomic mass is 10.4. The molecule has 2 unspecified atom stereocenters. The van der Waals surface area contributed by atoms with Crippen LogP contribution in [0.2, 0.25) is 0 Å². The van der Waals surface area contributed by atoms with Crippen molar-refractivity contribution in [1.82, 2.24) is 5.09 Å². The van der Waals surface area contributed by atoms with Gasteiger partial charge in [0.25, 0.3) is 0 Å². The quantitative estimate of drug-likeness (QED) is 0.534. The van der Waals surface area contributed by atoms with E-state index >= 15 is 0 Å². The number of hydrogen-bond acceptors (Lipinski definition) is 3. The van der Waals surface area contributed by atoms with Crippen LogP contribution in [0, 0.1) is 0 Å². The maximum Gasteiger partial charge on any atom is 0.334 e. The first-order valence-corrected chi connectivity index (χ1v) is 8.47. The van der Waals surface area contributed by atoms with Gasteiger partial charge in [0.05, 0.1) is 11.0 Å². The zero-order valence-electron chi connectivity index (χ0n) is 6.67. The van der Waals surface area contributed by atoms with Crippen LogP contribution in [-0.2, 0) is 9.13 Å². The lowest BCUT2D eigenvalue weighted by Crippen LogP contribution is -2.17. The van der Waals surface area contributed by atoms with E-state index in [1.165, 1.54) is 0 Å². The Morgan fingerprint density at radius 2 is 1.83 bits per heavy atom. The van der Waals surface area contributed by atoms with Crippen LogP contribution in [-0.4, -0.2) is 15.8 Å². The molecule has 0 spiro atoms. The maximum atomic E-state index is 11.0. The third-order valence-electron chi connectivity index (χ3n) is 0.649. The molecule has 0 radical (unpaired) electrons. The van der Waals surface area contributed by atoms with Gasteiger partial charge < -0.3 is 9.79 Å². The number of rotatable bonds is 4. The lowest BCUT2D eigenvalue weighted by molar-refractivity contribution is 0.475. The molecule has 0 saturated heterocycles. The highest BCUT2D eigenvalue weighted by molar-refractivity contribution is 8.85. The fourth-order valence-corrected chi connectivity index (χ4v) is 6.53. The molecule has 0 amide bonds. The molecule has 6 nitrogen and oxygen atoms in total. The highest BCUT2D eigenvalue weighted by atomic mass is 33.1. The van der Waals surface area contributed by atoms with E-state index in [1.54, 1.807) is 13.8 Å². The molecule has 0 aromatic carbocycles. The van der Waals surface area contributed by atoms with Crippen LogP contribution >= 0.6 is 24.4 Å². The molecule has 0 aliphatic carbocycles. The van der Waals surface area contributed by atoms with E-state index in [4.69, 9.17) is 15.3 Å². The Hall–Kier alpha value is 0.650. The van der Waals surface area contributed by atoms with Gasteiger partial charge in [-0.2, -0.15) is 0 Å². The van der Waals surface area contributed by atoms with Gasteiger partial charge in [-0.05, 0) is 13.8 Å². The summed E-state index contributed by atoms with van der Waals surface area (Å²) < 4.78 is 21.6. The van der Waals surface area contributed by atoms with Crippen LogP contribution in [0.3, 0.4) is 0 Å². The smallest absolute Gasteiger partial charge is 0.325 e. The molecule has 0 rings (SSSR count). The Morgan fingerprint density at radius 3 is 2.08 bits per heavy atom. The fourth-order valence-electron chi connectivity index (χ4n) is 0.508. The Balaban J connectivity index is 4.25. The molecular formula is C3H12N2O4P2S. The van der Waals surface area contributed by atoms with Gasteiger partial charge in [0.1, 0.15) is 0 Å². The van der Waals surface area contributed by atoms with Gasteiger partial charge in [-0.25, -0.2) is 5.09 Å². The SMILES string of the molecule is CC(C)NP(=O)(O)SP(N)(=O)O. The standard InChI is InChI=1S/C3H12N2O4P2S/c1-3(2)5-11(8,9)12-10(4,6)7/h3H,1-2H3,(H3,4,6,7)(H2,5,8,9). The van der Waals surface area contributed by atoms with Crippen molar-refractivity contribution < 1.29 is 18.9 Å². The summed E-state index contributed by atoms with van der Waals surface area (Å²) in [5.74, 6) is 0. The third-order valence-corrected chi connectivity index (χ3v) is 7.73. The predicted molar refractivity (Wildman–Crippen MR) is 49.7 cm³/mol. The topological polar surface area (TPSA) is 113 Å². The van der Waals surface area contributed by atoms with Crippen molar-refractivity contribution in [3.05, 3.63) is 0 Å². The maximum absolute atomic E-state index is 11.0. The van der Waals surface area contributed by atoms with E-state index in [1.807, 2.05) is 0 Å². The van der Waals surface area contributed by atoms with E-state index in [0.29, 0.717) is 0 Å². The summed E-state index contributed by atoms with van der Waals surface area (Å²) in [6.45, 7) is -4.56. The van der Waals surface area contributed by atoms with Crippen LogP contribution in [0.5, 0.6) is 0 Å². The Kier molecular flexibility index (Phi) is 4.47. The van der Waals surface area contributed by atoms with E-state index in [-0.39, 0.29) is 17.0 Å². The summed E-state index contributed by atoms with van der Waals surface area (Å²) in [6.07, 6.45) is 0. The molecule has 0 bridgehead atoms. The second-order valence-electron chi connectivity index (χ2n) is 2.45. The van der Waals surface area contributed by atoms with Gasteiger partial charge in [-0.3, -0.25) is 14.6 Å². The molecule has 9 heteroatoms. The number of hydrogen-bond donors (Lipinski definition) is 4. The fraction of sp³-hybridized carbons (Fsp3) is 1.00. The summed E-state index contributed by atoms with van der Waals surface area (Å²) in [6, 6.07) is -0.250. The van der Waals surface area contributed by atoms with Crippen molar-refractivity contribution in [3.8, 4) is 0 Å². The van der Waals surface area contributed by atoms with Gasteiger partial charge in [-0.15, -0.1) is 0 Å². The van der Waals surface area contributed by atoms with Gasteiger partial charge >= 0.3 is 13.4 Å². The summed E-state index contributed by atoms with van der Waals surface area (Å²) in [5.41, 5.74) is 4.70. The average molecular weight is 234 g/mol. The van der Waals surface area contributed by atoms with E-state index in [0.717, 1.165) is 0 Å². The van der Waals surface area contributed by atoms with Crippen LogP contribution in [0.25, 0.3) is 0 Å². The van der Waals surface area contributed by atoms with Crippen LogP contribution in [0.4, 0.5) is 0 Å². The Bertz CT molecular complexity index is 238. The predicted octanol–water partition coefficient (Wildman–Crippen LogP) is 0.877. The lowest BCUT2D eigenvalue weighted by Gasteiger charge is -2.15. The van der Waals surface area contributed by atoms with Gasteiger partial charge in [0.2, 0.25) is 0 Å². The van der Waals surface area contributed by atoms with E-state index < -0.39 is 13.4 Å². The van der Waals surface area contributed by atoms with Crippen molar-refractivity contribution in [3.63, 3.8) is 0 Å². The summed E-state index contributed by atoms with van der Waals surface area (Å²) in [5, 5.41) is 2.24. The summed E-state index contributed by atoms with van der Waals surface area (Å²) >= 11 is -0.0238. The van der Waals surface area contributed by atoms with Crippen LogP contribution in [0.15, 0.2) is 0 Å². The average Bonchev–Trinajstić information content (AvgIpc) is 1.48. The molecular weight excluding hydrogens is 222 g/mol. The molecule has 0 saturated carbocycles. The Labute approximate surface area is 74.4 Å². The second kappa shape index (κ2) is 4.24. The van der Waals surface area contributed by atoms with Gasteiger partial charge in [0, 0.05) is 6.04 Å². The summed E-state index contributed by atoms with van der Waals surface area (Å²) in [4.78, 5) is 17.6. The van der Waals surface area contributed by atoms with Crippen molar-refractivity contribution in [2.75, 3.05) is 0 Å². The monoisotopic (exact) mass is 234 g/mol. The molecule has 12 heavy (non-hydrogen) atoms. The zero-order chi connectivity index (χ0) is 9.99. The summed E-state index contributed by atoms with van der Waals surface area (Å²) in [7, 11) is 0. The first kappa shape index (κ1) is 12.7. The molecule has 2 atom stereocenters. The molecule has 5 N–H and O–H groups in total. The molecule has 0 aliphatic rings. The third kappa shape index (κ3) is 7.31. The van der Waals surface area contributed by atoms with Crippen molar-refractivity contribution in [2.45, 2.75) is 19.9 Å². The van der Waals surface area contributed by atoms with E-state index in [9.17, 15) is 9.13 Å². The van der Waals surface area contributed by atoms with E-state index in [2.05, 4.69) is 5.09 Å². The number of nitrogens with one attached hydrogen (secondary N) is 1. The van der Waals surface area contributed by atoms with Gasteiger partial charge in [0.15, 0.2) is 0 Å². The van der Waals surface area contributed by atoms with Crippen LogP contribution in [0.1, 0.15) is 13.8 Å². The molecule has 0 aromatic heterocycles. The zero-order valence-corrected chi connectivity index (χ0v) is 9.27. The molecule has 0 aromatic rings. The second-order valence-corrected chi connectivity index (χ2v) is 10.1. The highest BCUT2D eigenvalue weighted by Gasteiger charge is 2.29. The molecule has 74 valence electrons. The first-order chi connectivity index (χ1) is 5.12. The van der Waals surface area contributed by atoms with Crippen molar-refractivity contribution >= 4 is 24.4 Å². The normalized spacial score (nSPS) is 21.8. The number of nitrogens with two attached hydrogens (primary N) is 1. The van der Waals surface area contributed by atoms with Gasteiger partial charge in [-0.1, -0.05) is 0 Å². The first-order valence-electron chi connectivity index (χ1n) is 3.06. The van der Waals surface area contributed by atoms with Crippen molar-refractivity contribution in [2.24, 2.45) is 5.50 Å². The minimum absolute atomic E-state index is 0.0238. The minimum Gasteiger partial charge on any atom is -0.325 e. The highest BCUT2D eigenvalue weighted by Crippen LogP contribution is 2.68. The molecule has 0 fully saturated rings. The van der Waals surface area contributed by atoms with Crippen molar-refractivity contribution in [1.29, 1.82) is 0 Å². The molecule has 0 aliphatic heterocycles. The Morgan fingerprint density at radius 1 is 1.42 bits per heavy atom. The largest absolute Gasteiger partial charge is 0.334 e. The molecule has 0 heterocycles. The minimum atomic E-state index is -4.00. The van der Waals surface area contributed by atoms with Crippen LogP contribution < -0.4 is 10.6 Å².